The monoisotopic (exact) mass is 179 g/mol. The Bertz CT molecular complexity index is 221. The SMILES string of the molecule is CC1CC(C#N)(COCC2CC2)C1. The lowest BCUT2D eigenvalue weighted by Gasteiger charge is -2.40. The summed E-state index contributed by atoms with van der Waals surface area (Å²) in [6.45, 7) is 3.76. The lowest BCUT2D eigenvalue weighted by molar-refractivity contribution is 0.000180. The van der Waals surface area contributed by atoms with Crippen molar-refractivity contribution in [2.45, 2.75) is 32.6 Å². The van der Waals surface area contributed by atoms with Crippen LogP contribution in [0.3, 0.4) is 0 Å². The van der Waals surface area contributed by atoms with Crippen molar-refractivity contribution >= 4 is 0 Å². The summed E-state index contributed by atoms with van der Waals surface area (Å²) < 4.78 is 5.58. The highest BCUT2D eigenvalue weighted by Crippen LogP contribution is 2.45. The van der Waals surface area contributed by atoms with Gasteiger partial charge in [-0.15, -0.1) is 0 Å². The number of hydrogen-bond acceptors (Lipinski definition) is 2. The van der Waals surface area contributed by atoms with Gasteiger partial charge in [0.1, 0.15) is 0 Å². The predicted octanol–water partition coefficient (Wildman–Crippen LogP) is 2.35. The van der Waals surface area contributed by atoms with E-state index in [4.69, 9.17) is 10.00 Å². The van der Waals surface area contributed by atoms with Gasteiger partial charge in [0.05, 0.1) is 18.1 Å². The summed E-state index contributed by atoms with van der Waals surface area (Å²) >= 11 is 0. The summed E-state index contributed by atoms with van der Waals surface area (Å²) in [5.41, 5.74) is -0.117. The molecule has 2 fully saturated rings. The summed E-state index contributed by atoms with van der Waals surface area (Å²) in [6, 6.07) is 2.41. The minimum absolute atomic E-state index is 0.117. The molecule has 0 amide bonds. The summed E-state index contributed by atoms with van der Waals surface area (Å²) in [7, 11) is 0. The first kappa shape index (κ1) is 9.02. The van der Waals surface area contributed by atoms with Crippen LogP contribution in [0.15, 0.2) is 0 Å². The minimum Gasteiger partial charge on any atom is -0.380 e. The van der Waals surface area contributed by atoms with Crippen LogP contribution in [0, 0.1) is 28.6 Å². The van der Waals surface area contributed by atoms with Crippen LogP contribution < -0.4 is 0 Å². The van der Waals surface area contributed by atoms with E-state index in [-0.39, 0.29) is 5.41 Å². The van der Waals surface area contributed by atoms with Crippen LogP contribution in [0.25, 0.3) is 0 Å². The zero-order chi connectivity index (χ0) is 9.31. The number of ether oxygens (including phenoxy) is 1. The zero-order valence-corrected chi connectivity index (χ0v) is 8.25. The first-order valence-corrected chi connectivity index (χ1v) is 5.23. The lowest BCUT2D eigenvalue weighted by Crippen LogP contribution is -2.38. The molecule has 0 spiro atoms. The van der Waals surface area contributed by atoms with Crippen LogP contribution in [0.1, 0.15) is 32.6 Å². The predicted molar refractivity (Wildman–Crippen MR) is 50.0 cm³/mol. The first-order valence-electron chi connectivity index (χ1n) is 5.23. The molecule has 0 heterocycles. The van der Waals surface area contributed by atoms with Crippen LogP contribution in [-0.2, 0) is 4.74 Å². The summed E-state index contributed by atoms with van der Waals surface area (Å²) in [4.78, 5) is 0. The van der Waals surface area contributed by atoms with Crippen LogP contribution in [0.4, 0.5) is 0 Å². The largest absolute Gasteiger partial charge is 0.380 e. The molecule has 0 saturated heterocycles. The van der Waals surface area contributed by atoms with E-state index >= 15 is 0 Å². The quantitative estimate of drug-likeness (QED) is 0.663. The van der Waals surface area contributed by atoms with Crippen molar-refractivity contribution in [3.05, 3.63) is 0 Å². The van der Waals surface area contributed by atoms with E-state index < -0.39 is 0 Å². The molecule has 2 saturated carbocycles. The van der Waals surface area contributed by atoms with Crippen LogP contribution in [0.2, 0.25) is 0 Å². The van der Waals surface area contributed by atoms with Gasteiger partial charge in [-0.3, -0.25) is 0 Å². The van der Waals surface area contributed by atoms with Crippen molar-refractivity contribution in [3.63, 3.8) is 0 Å². The van der Waals surface area contributed by atoms with Gasteiger partial charge in [0, 0.05) is 6.61 Å². The van der Waals surface area contributed by atoms with E-state index in [9.17, 15) is 0 Å². The standard InChI is InChI=1S/C11H17NO/c1-9-4-11(5-9,7-12)8-13-6-10-2-3-10/h9-10H,2-6,8H2,1H3. The molecular weight excluding hydrogens is 162 g/mol. The Balaban J connectivity index is 1.69. The Kier molecular flexibility index (Phi) is 2.29. The number of nitrogens with zero attached hydrogens (tertiary/aromatic N) is 1. The third-order valence-electron chi connectivity index (χ3n) is 3.14. The average Bonchev–Trinajstić information content (AvgIpc) is 2.84. The molecule has 0 aliphatic heterocycles. The van der Waals surface area contributed by atoms with Gasteiger partial charge >= 0.3 is 0 Å². The smallest absolute Gasteiger partial charge is 0.0812 e. The molecule has 2 aliphatic rings. The highest BCUT2D eigenvalue weighted by atomic mass is 16.5. The third kappa shape index (κ3) is 2.03. The summed E-state index contributed by atoms with van der Waals surface area (Å²) in [6.07, 6.45) is 4.73. The minimum atomic E-state index is -0.117. The number of hydrogen-bond donors (Lipinski definition) is 0. The van der Waals surface area contributed by atoms with Gasteiger partial charge in [-0.25, -0.2) is 0 Å². The van der Waals surface area contributed by atoms with Crippen molar-refractivity contribution in [1.82, 2.24) is 0 Å². The van der Waals surface area contributed by atoms with Gasteiger partial charge in [-0.1, -0.05) is 6.92 Å². The van der Waals surface area contributed by atoms with E-state index in [1.165, 1.54) is 12.8 Å². The van der Waals surface area contributed by atoms with Crippen molar-refractivity contribution in [3.8, 4) is 6.07 Å². The Hall–Kier alpha value is -0.550. The van der Waals surface area contributed by atoms with Crippen LogP contribution in [0.5, 0.6) is 0 Å². The van der Waals surface area contributed by atoms with E-state index in [2.05, 4.69) is 13.0 Å². The van der Waals surface area contributed by atoms with E-state index in [0.717, 1.165) is 31.3 Å². The van der Waals surface area contributed by atoms with E-state index in [0.29, 0.717) is 6.61 Å². The molecule has 0 bridgehead atoms. The fourth-order valence-corrected chi connectivity index (χ4v) is 2.22. The fraction of sp³-hybridized carbons (Fsp3) is 0.909. The molecule has 0 radical (unpaired) electrons. The molecular formula is C11H17NO. The van der Waals surface area contributed by atoms with Gasteiger partial charge in [-0.2, -0.15) is 5.26 Å². The highest BCUT2D eigenvalue weighted by Gasteiger charge is 2.42. The number of nitriles is 1. The second kappa shape index (κ2) is 3.31. The third-order valence-corrected chi connectivity index (χ3v) is 3.14. The Morgan fingerprint density at radius 1 is 1.46 bits per heavy atom. The molecule has 0 aromatic rings. The molecule has 2 nitrogen and oxygen atoms in total. The van der Waals surface area contributed by atoms with Gasteiger partial charge in [0.25, 0.3) is 0 Å². The Morgan fingerprint density at radius 3 is 2.62 bits per heavy atom. The van der Waals surface area contributed by atoms with Gasteiger partial charge < -0.3 is 4.74 Å². The van der Waals surface area contributed by atoms with Crippen LogP contribution >= 0.6 is 0 Å². The summed E-state index contributed by atoms with van der Waals surface area (Å²) in [5, 5.41) is 9.01. The van der Waals surface area contributed by atoms with E-state index in [1.807, 2.05) is 0 Å². The van der Waals surface area contributed by atoms with Crippen LogP contribution in [-0.4, -0.2) is 13.2 Å². The maximum atomic E-state index is 9.01. The topological polar surface area (TPSA) is 33.0 Å². The molecule has 0 N–H and O–H groups in total. The number of rotatable bonds is 4. The lowest BCUT2D eigenvalue weighted by atomic mass is 9.64. The maximum Gasteiger partial charge on any atom is 0.0812 e. The molecule has 0 unspecified atom stereocenters. The molecule has 2 heteroatoms. The van der Waals surface area contributed by atoms with Gasteiger partial charge in [0.2, 0.25) is 0 Å². The van der Waals surface area contributed by atoms with Crippen molar-refractivity contribution in [2.75, 3.05) is 13.2 Å². The molecule has 2 aliphatic carbocycles. The van der Waals surface area contributed by atoms with Crippen molar-refractivity contribution in [2.24, 2.45) is 17.3 Å². The highest BCUT2D eigenvalue weighted by molar-refractivity contribution is 5.07. The summed E-state index contributed by atoms with van der Waals surface area (Å²) in [5.74, 6) is 1.54. The molecule has 0 aromatic carbocycles. The fourth-order valence-electron chi connectivity index (χ4n) is 2.22. The normalized spacial score (nSPS) is 38.0. The Labute approximate surface area is 79.9 Å². The molecule has 13 heavy (non-hydrogen) atoms. The van der Waals surface area contributed by atoms with Crippen molar-refractivity contribution < 1.29 is 4.74 Å². The Morgan fingerprint density at radius 2 is 2.15 bits per heavy atom. The average molecular weight is 179 g/mol. The van der Waals surface area contributed by atoms with Crippen molar-refractivity contribution in [1.29, 1.82) is 5.26 Å². The molecule has 0 atom stereocenters. The molecule has 72 valence electrons. The second-order valence-electron chi connectivity index (χ2n) is 4.86. The molecule has 0 aromatic heterocycles. The second-order valence-corrected chi connectivity index (χ2v) is 4.86. The maximum absolute atomic E-state index is 9.01. The van der Waals surface area contributed by atoms with Gasteiger partial charge in [0.15, 0.2) is 0 Å². The zero-order valence-electron chi connectivity index (χ0n) is 8.25. The van der Waals surface area contributed by atoms with E-state index in [1.54, 1.807) is 0 Å². The first-order chi connectivity index (χ1) is 6.24. The van der Waals surface area contributed by atoms with Gasteiger partial charge in [-0.05, 0) is 37.5 Å². The molecule has 2 rings (SSSR count).